The Balaban J connectivity index is 1.79. The molecule has 2 aliphatic rings. The third-order valence-corrected chi connectivity index (χ3v) is 5.60. The van der Waals surface area contributed by atoms with Gasteiger partial charge in [-0.25, -0.2) is 8.96 Å². The molecule has 0 saturated heterocycles. The van der Waals surface area contributed by atoms with E-state index in [0.29, 0.717) is 29.7 Å². The number of ether oxygens (including phenoxy) is 1. The van der Waals surface area contributed by atoms with E-state index in [9.17, 15) is 14.3 Å². The standard InChI is InChI=1S/C20H21ClFNO3/c21-15-10-16(22)17(11-18(15)26-14-7-2-1-3-8-14)23-19(24)12-5-4-6-13(9-12)20(23)25/h9-11,14,24H,1-8H2. The lowest BCUT2D eigenvalue weighted by atomic mass is 9.97. The lowest BCUT2D eigenvalue weighted by Gasteiger charge is -2.24. The molecule has 1 aromatic carbocycles. The van der Waals surface area contributed by atoms with Crippen molar-refractivity contribution in [3.63, 3.8) is 0 Å². The summed E-state index contributed by atoms with van der Waals surface area (Å²) in [5.41, 5.74) is 0.839. The summed E-state index contributed by atoms with van der Waals surface area (Å²) in [4.78, 5) is 12.7. The van der Waals surface area contributed by atoms with Crippen molar-refractivity contribution in [2.75, 3.05) is 0 Å². The molecule has 2 aliphatic carbocycles. The number of halogens is 2. The highest BCUT2D eigenvalue weighted by atomic mass is 35.5. The second-order valence-electron chi connectivity index (χ2n) is 7.12. The molecule has 1 fully saturated rings. The lowest BCUT2D eigenvalue weighted by Crippen LogP contribution is -2.26. The van der Waals surface area contributed by atoms with Gasteiger partial charge in [0.2, 0.25) is 5.88 Å². The Morgan fingerprint density at radius 1 is 1.08 bits per heavy atom. The fraction of sp³-hybridized carbons (Fsp3) is 0.450. The number of rotatable bonds is 3. The number of nitrogens with zero attached hydrogens (tertiary/aromatic N) is 1. The molecule has 6 heteroatoms. The average Bonchev–Trinajstić information content (AvgIpc) is 2.65. The van der Waals surface area contributed by atoms with Gasteiger partial charge in [-0.3, -0.25) is 4.79 Å². The van der Waals surface area contributed by atoms with E-state index in [0.717, 1.165) is 42.7 Å². The zero-order valence-electron chi connectivity index (χ0n) is 14.4. The zero-order chi connectivity index (χ0) is 18.3. The van der Waals surface area contributed by atoms with Gasteiger partial charge in [0, 0.05) is 17.2 Å². The molecule has 1 aromatic heterocycles. The minimum Gasteiger partial charge on any atom is -0.494 e. The van der Waals surface area contributed by atoms with Crippen LogP contribution < -0.4 is 10.3 Å². The number of hydrogen-bond donors (Lipinski definition) is 1. The number of aryl methyl sites for hydroxylation is 2. The minimum atomic E-state index is -0.660. The van der Waals surface area contributed by atoms with E-state index >= 15 is 0 Å². The molecular weight excluding hydrogens is 357 g/mol. The molecule has 0 unspecified atom stereocenters. The van der Waals surface area contributed by atoms with Gasteiger partial charge in [-0.1, -0.05) is 18.0 Å². The fourth-order valence-electron chi connectivity index (χ4n) is 3.92. The highest BCUT2D eigenvalue weighted by Crippen LogP contribution is 2.34. The van der Waals surface area contributed by atoms with Crippen molar-refractivity contribution >= 4 is 11.6 Å². The second-order valence-corrected chi connectivity index (χ2v) is 7.53. The van der Waals surface area contributed by atoms with Crippen molar-refractivity contribution in [3.8, 4) is 17.3 Å². The molecule has 2 bridgehead atoms. The Morgan fingerprint density at radius 2 is 1.81 bits per heavy atom. The van der Waals surface area contributed by atoms with Crippen LogP contribution in [0.25, 0.3) is 5.69 Å². The van der Waals surface area contributed by atoms with Crippen LogP contribution in [0.4, 0.5) is 4.39 Å². The van der Waals surface area contributed by atoms with Gasteiger partial charge in [0.05, 0.1) is 16.8 Å². The predicted molar refractivity (Wildman–Crippen MR) is 98.2 cm³/mol. The Kier molecular flexibility index (Phi) is 4.65. The summed E-state index contributed by atoms with van der Waals surface area (Å²) in [5.74, 6) is -0.513. The minimum absolute atomic E-state index is 0.0206. The van der Waals surface area contributed by atoms with Crippen molar-refractivity contribution in [1.82, 2.24) is 4.57 Å². The summed E-state index contributed by atoms with van der Waals surface area (Å²) >= 11 is 6.17. The molecule has 0 atom stereocenters. The molecule has 4 rings (SSSR count). The van der Waals surface area contributed by atoms with Gasteiger partial charge in [-0.05, 0) is 57.1 Å². The van der Waals surface area contributed by atoms with Crippen molar-refractivity contribution in [2.24, 2.45) is 0 Å². The van der Waals surface area contributed by atoms with Crippen LogP contribution in [-0.4, -0.2) is 15.8 Å². The van der Waals surface area contributed by atoms with Crippen LogP contribution in [0.1, 0.15) is 49.7 Å². The van der Waals surface area contributed by atoms with Crippen molar-refractivity contribution in [1.29, 1.82) is 0 Å². The first-order valence-electron chi connectivity index (χ1n) is 9.17. The van der Waals surface area contributed by atoms with Crippen molar-refractivity contribution < 1.29 is 14.2 Å². The van der Waals surface area contributed by atoms with Crippen LogP contribution in [-0.2, 0) is 12.8 Å². The topological polar surface area (TPSA) is 51.5 Å². The number of fused-ring (bicyclic) bond motifs is 2. The van der Waals surface area contributed by atoms with Gasteiger partial charge >= 0.3 is 0 Å². The summed E-state index contributed by atoms with van der Waals surface area (Å²) in [6.07, 6.45) is 7.43. The maximum absolute atomic E-state index is 14.6. The zero-order valence-corrected chi connectivity index (χ0v) is 15.2. The van der Waals surface area contributed by atoms with E-state index in [1.807, 2.05) is 0 Å². The summed E-state index contributed by atoms with van der Waals surface area (Å²) in [6.45, 7) is 0. The maximum atomic E-state index is 14.6. The Morgan fingerprint density at radius 3 is 2.58 bits per heavy atom. The molecular formula is C20H21ClFNO3. The number of aromatic nitrogens is 1. The third-order valence-electron chi connectivity index (χ3n) is 5.31. The van der Waals surface area contributed by atoms with E-state index < -0.39 is 11.4 Å². The van der Waals surface area contributed by atoms with Gasteiger partial charge in [0.25, 0.3) is 5.56 Å². The summed E-state index contributed by atoms with van der Waals surface area (Å²) < 4.78 is 21.7. The number of pyridine rings is 1. The molecule has 0 amide bonds. The van der Waals surface area contributed by atoms with Crippen molar-refractivity contribution in [3.05, 3.63) is 50.5 Å². The van der Waals surface area contributed by atoms with E-state index in [4.69, 9.17) is 16.3 Å². The van der Waals surface area contributed by atoms with Crippen LogP contribution in [0.15, 0.2) is 23.0 Å². The molecule has 0 spiro atoms. The van der Waals surface area contributed by atoms with Gasteiger partial charge in [-0.2, -0.15) is 0 Å². The van der Waals surface area contributed by atoms with Gasteiger partial charge in [0.1, 0.15) is 11.6 Å². The SMILES string of the molecule is O=c1c2cc(c(O)n1-c1cc(OC3CCCCC3)c(Cl)cc1F)CCC2. The van der Waals surface area contributed by atoms with E-state index in [1.54, 1.807) is 6.07 Å². The lowest BCUT2D eigenvalue weighted by molar-refractivity contribution is 0.155. The quantitative estimate of drug-likeness (QED) is 0.854. The molecule has 26 heavy (non-hydrogen) atoms. The molecule has 138 valence electrons. The average molecular weight is 378 g/mol. The van der Waals surface area contributed by atoms with Gasteiger partial charge < -0.3 is 9.84 Å². The number of aromatic hydroxyl groups is 1. The smallest absolute Gasteiger partial charge is 0.261 e. The van der Waals surface area contributed by atoms with Gasteiger partial charge in [-0.15, -0.1) is 0 Å². The fourth-order valence-corrected chi connectivity index (χ4v) is 4.11. The van der Waals surface area contributed by atoms with E-state index in [2.05, 4.69) is 0 Å². The van der Waals surface area contributed by atoms with Crippen LogP contribution >= 0.6 is 11.6 Å². The highest BCUT2D eigenvalue weighted by Gasteiger charge is 2.23. The molecule has 0 aliphatic heterocycles. The Hall–Kier alpha value is -2.01. The normalized spacial score (nSPS) is 17.3. The summed E-state index contributed by atoms with van der Waals surface area (Å²) in [5, 5.41) is 10.7. The van der Waals surface area contributed by atoms with Crippen LogP contribution in [0.5, 0.6) is 11.6 Å². The Labute approximate surface area is 156 Å². The third kappa shape index (κ3) is 3.09. The van der Waals surface area contributed by atoms with Crippen LogP contribution in [0.2, 0.25) is 5.02 Å². The van der Waals surface area contributed by atoms with Crippen LogP contribution in [0.3, 0.4) is 0 Å². The molecule has 1 N–H and O–H groups in total. The largest absolute Gasteiger partial charge is 0.494 e. The molecule has 4 nitrogen and oxygen atoms in total. The first-order valence-corrected chi connectivity index (χ1v) is 9.55. The second kappa shape index (κ2) is 6.95. The predicted octanol–water partition coefficient (Wildman–Crippen LogP) is 4.54. The van der Waals surface area contributed by atoms with E-state index in [-0.39, 0.29) is 22.7 Å². The Bertz CT molecular complexity index is 903. The molecule has 1 heterocycles. The summed E-state index contributed by atoms with van der Waals surface area (Å²) in [7, 11) is 0. The molecule has 0 radical (unpaired) electrons. The number of benzene rings is 1. The van der Waals surface area contributed by atoms with Gasteiger partial charge in [0.15, 0.2) is 0 Å². The van der Waals surface area contributed by atoms with Crippen LogP contribution in [0, 0.1) is 5.82 Å². The first-order chi connectivity index (χ1) is 12.5. The van der Waals surface area contributed by atoms with E-state index in [1.165, 1.54) is 12.5 Å². The highest BCUT2D eigenvalue weighted by molar-refractivity contribution is 6.32. The monoisotopic (exact) mass is 377 g/mol. The molecule has 1 saturated carbocycles. The first kappa shape index (κ1) is 17.4. The summed E-state index contributed by atoms with van der Waals surface area (Å²) in [6, 6.07) is 4.30. The maximum Gasteiger partial charge on any atom is 0.261 e. The molecule has 2 aromatic rings. The number of hydrogen-bond acceptors (Lipinski definition) is 3. The van der Waals surface area contributed by atoms with Crippen molar-refractivity contribution in [2.45, 2.75) is 57.5 Å².